The molecule has 1 aromatic heterocycles. The van der Waals surface area contributed by atoms with Crippen LogP contribution in [0, 0.1) is 0 Å². The van der Waals surface area contributed by atoms with Crippen LogP contribution < -0.4 is 4.74 Å². The lowest BCUT2D eigenvalue weighted by Crippen LogP contribution is -2.37. The van der Waals surface area contributed by atoms with Crippen molar-refractivity contribution in [2.75, 3.05) is 6.61 Å². The predicted octanol–water partition coefficient (Wildman–Crippen LogP) is 6.21. The molecule has 3 rings (SSSR count). The molecule has 6 heteroatoms. The van der Waals surface area contributed by atoms with Gasteiger partial charge in [0.15, 0.2) is 0 Å². The van der Waals surface area contributed by atoms with Crippen molar-refractivity contribution in [2.45, 2.75) is 58.5 Å². The lowest BCUT2D eigenvalue weighted by Gasteiger charge is -2.29. The molecule has 6 nitrogen and oxygen atoms in total. The molecule has 2 aromatic carbocycles. The maximum atomic E-state index is 13.6. The Balaban J connectivity index is 1.74. The molecule has 3 aromatic rings. The lowest BCUT2D eigenvalue weighted by molar-refractivity contribution is -0.137. The molecule has 1 unspecified atom stereocenters. The number of carbonyl (C=O) groups excluding carboxylic acids is 1. The average Bonchev–Trinajstić information content (AvgIpc) is 2.90. The number of carboxylic acid groups (broad SMARTS) is 1. The molecule has 35 heavy (non-hydrogen) atoms. The molecule has 1 N–H and O–H groups in total. The number of benzene rings is 2. The van der Waals surface area contributed by atoms with Gasteiger partial charge in [0.1, 0.15) is 5.75 Å². The normalized spacial score (nSPS) is 12.9. The second kappa shape index (κ2) is 13.3. The van der Waals surface area contributed by atoms with Crippen molar-refractivity contribution < 1.29 is 20.8 Å². The molecule has 0 aliphatic rings. The Hall–Kier alpha value is -3.67. The van der Waals surface area contributed by atoms with Gasteiger partial charge in [-0.05, 0) is 68.0 Å². The topological polar surface area (TPSA) is 79.7 Å². The second-order valence-electron chi connectivity index (χ2n) is 8.46. The van der Waals surface area contributed by atoms with Crippen LogP contribution >= 0.6 is 0 Å². The van der Waals surface area contributed by atoms with E-state index in [2.05, 4.69) is 4.98 Å². The molecule has 184 valence electrons. The summed E-state index contributed by atoms with van der Waals surface area (Å²) in [4.78, 5) is 30.0. The maximum absolute atomic E-state index is 13.6. The van der Waals surface area contributed by atoms with Crippen LogP contribution in [0.25, 0.3) is 11.1 Å². The first-order chi connectivity index (χ1) is 17.3. The number of carbonyl (C=O) groups is 2. The molecule has 0 aliphatic heterocycles. The van der Waals surface area contributed by atoms with Gasteiger partial charge in [-0.15, -0.1) is 0 Å². The van der Waals surface area contributed by atoms with E-state index in [9.17, 15) is 9.59 Å². The number of hydrogen-bond donors (Lipinski definition) is 1. The van der Waals surface area contributed by atoms with Crippen LogP contribution in [-0.2, 0) is 11.3 Å². The Morgan fingerprint density at radius 1 is 1.03 bits per heavy atom. The van der Waals surface area contributed by atoms with E-state index >= 15 is 0 Å². The van der Waals surface area contributed by atoms with E-state index in [1.807, 2.05) is 55.5 Å². The van der Waals surface area contributed by atoms with Gasteiger partial charge < -0.3 is 14.7 Å². The first kappa shape index (κ1) is 24.5. The number of hydrogen-bond acceptors (Lipinski definition) is 4. The maximum Gasteiger partial charge on any atom is 0.303 e. The minimum absolute atomic E-state index is 0.163. The molecule has 0 spiro atoms. The van der Waals surface area contributed by atoms with E-state index < -0.39 is 12.0 Å². The average molecular weight is 476 g/mol. The molecule has 1 heterocycles. The summed E-state index contributed by atoms with van der Waals surface area (Å²) in [6.45, 7) is 4.36. The standard InChI is InChI=1S/C29H34N2O4/c1-3-22(2)31(29(34)24-16-14-23(15-17-24)25-11-9-18-30-20-25)21-26-10-6-7-12-27(26)35-19-8-4-5-13-28(32)33/h6-7,9-12,14-18,20,22H,3-5,8,13,19,21H2,1-2H3,(H,32,33)/i22D. The fourth-order valence-electron chi connectivity index (χ4n) is 3.75. The zero-order valence-electron chi connectivity index (χ0n) is 21.4. The molecular formula is C29H34N2O4. The van der Waals surface area contributed by atoms with E-state index in [0.29, 0.717) is 30.8 Å². The van der Waals surface area contributed by atoms with Gasteiger partial charge in [-0.25, -0.2) is 0 Å². The van der Waals surface area contributed by atoms with Gasteiger partial charge in [0.2, 0.25) is 0 Å². The van der Waals surface area contributed by atoms with Gasteiger partial charge in [-0.2, -0.15) is 0 Å². The highest BCUT2D eigenvalue weighted by Crippen LogP contribution is 2.24. The van der Waals surface area contributed by atoms with Crippen LogP contribution in [0.5, 0.6) is 5.75 Å². The summed E-state index contributed by atoms with van der Waals surface area (Å²) in [6.07, 6.45) is 6.28. The number of nitrogens with zero attached hydrogens (tertiary/aromatic N) is 2. The number of ether oxygens (including phenoxy) is 1. The second-order valence-corrected chi connectivity index (χ2v) is 8.46. The van der Waals surface area contributed by atoms with E-state index in [1.165, 1.54) is 0 Å². The fourth-order valence-corrected chi connectivity index (χ4v) is 3.75. The lowest BCUT2D eigenvalue weighted by atomic mass is 10.0. The summed E-state index contributed by atoms with van der Waals surface area (Å²) < 4.78 is 14.9. The molecule has 1 atom stereocenters. The SMILES string of the molecule is [2H]C(C)(CC)N(Cc1ccccc1OCCCCCC(=O)O)C(=O)c1ccc(-c2cccnc2)cc1. The summed E-state index contributed by atoms with van der Waals surface area (Å²) in [5.74, 6) is -0.324. The number of unbranched alkanes of at least 4 members (excludes halogenated alkanes) is 2. The third-order valence-corrected chi connectivity index (χ3v) is 5.94. The number of amides is 1. The Morgan fingerprint density at radius 2 is 1.80 bits per heavy atom. The smallest absolute Gasteiger partial charge is 0.303 e. The van der Waals surface area contributed by atoms with Crippen LogP contribution in [0.4, 0.5) is 0 Å². The minimum atomic E-state index is -1.11. The van der Waals surface area contributed by atoms with Crippen molar-refractivity contribution >= 4 is 11.9 Å². The summed E-state index contributed by atoms with van der Waals surface area (Å²) >= 11 is 0. The van der Waals surface area contributed by atoms with Crippen molar-refractivity contribution in [2.24, 2.45) is 0 Å². The van der Waals surface area contributed by atoms with Gasteiger partial charge in [0.25, 0.3) is 5.91 Å². The van der Waals surface area contributed by atoms with Crippen molar-refractivity contribution in [1.82, 2.24) is 9.88 Å². The number of para-hydroxylation sites is 1. The third-order valence-electron chi connectivity index (χ3n) is 5.94. The van der Waals surface area contributed by atoms with Crippen LogP contribution in [-0.4, -0.2) is 39.5 Å². The highest BCUT2D eigenvalue weighted by molar-refractivity contribution is 5.95. The van der Waals surface area contributed by atoms with Gasteiger partial charge in [0, 0.05) is 42.5 Å². The molecule has 0 saturated carbocycles. The number of carboxylic acids is 1. The minimum Gasteiger partial charge on any atom is -0.493 e. The Morgan fingerprint density at radius 3 is 2.49 bits per heavy atom. The highest BCUT2D eigenvalue weighted by atomic mass is 16.5. The van der Waals surface area contributed by atoms with E-state index in [-0.39, 0.29) is 18.9 Å². The zero-order chi connectivity index (χ0) is 26.0. The number of aromatic nitrogens is 1. The van der Waals surface area contributed by atoms with Crippen LogP contribution in [0.2, 0.25) is 0 Å². The quantitative estimate of drug-likeness (QED) is 0.297. The molecule has 0 aliphatic carbocycles. The largest absolute Gasteiger partial charge is 0.493 e. The first-order valence-corrected chi connectivity index (χ1v) is 12.1. The zero-order valence-corrected chi connectivity index (χ0v) is 20.4. The summed E-state index contributed by atoms with van der Waals surface area (Å²) in [6, 6.07) is 17.7. The third kappa shape index (κ3) is 7.67. The molecule has 0 radical (unpaired) electrons. The highest BCUT2D eigenvalue weighted by Gasteiger charge is 2.22. The fraction of sp³-hybridized carbons (Fsp3) is 0.345. The van der Waals surface area contributed by atoms with Crippen molar-refractivity contribution in [3.63, 3.8) is 0 Å². The van der Waals surface area contributed by atoms with Gasteiger partial charge in [-0.3, -0.25) is 14.6 Å². The van der Waals surface area contributed by atoms with Crippen molar-refractivity contribution in [3.8, 4) is 16.9 Å². The summed E-state index contributed by atoms with van der Waals surface area (Å²) in [5.41, 5.74) is 3.29. The number of aliphatic carboxylic acids is 1. The monoisotopic (exact) mass is 475 g/mol. The molecular weight excluding hydrogens is 440 g/mol. The van der Waals surface area contributed by atoms with Gasteiger partial charge >= 0.3 is 5.97 Å². The van der Waals surface area contributed by atoms with Crippen molar-refractivity contribution in [3.05, 3.63) is 84.2 Å². The molecule has 1 amide bonds. The molecule has 0 bridgehead atoms. The first-order valence-electron chi connectivity index (χ1n) is 12.6. The van der Waals surface area contributed by atoms with Gasteiger partial charge in [0.05, 0.1) is 7.98 Å². The summed E-state index contributed by atoms with van der Waals surface area (Å²) in [7, 11) is 0. The number of rotatable bonds is 13. The Labute approximate surface area is 209 Å². The van der Waals surface area contributed by atoms with E-state index in [4.69, 9.17) is 11.2 Å². The molecule has 0 fully saturated rings. The van der Waals surface area contributed by atoms with Crippen LogP contribution in [0.1, 0.15) is 63.2 Å². The van der Waals surface area contributed by atoms with E-state index in [1.54, 1.807) is 36.4 Å². The molecule has 0 saturated heterocycles. The van der Waals surface area contributed by atoms with Crippen LogP contribution in [0.15, 0.2) is 73.1 Å². The number of pyridine rings is 1. The predicted molar refractivity (Wildman–Crippen MR) is 137 cm³/mol. The van der Waals surface area contributed by atoms with Crippen LogP contribution in [0.3, 0.4) is 0 Å². The Bertz CT molecular complexity index is 1130. The van der Waals surface area contributed by atoms with E-state index in [0.717, 1.165) is 29.5 Å². The van der Waals surface area contributed by atoms with Gasteiger partial charge in [-0.1, -0.05) is 43.3 Å². The van der Waals surface area contributed by atoms with Crippen molar-refractivity contribution in [1.29, 1.82) is 0 Å². The summed E-state index contributed by atoms with van der Waals surface area (Å²) in [5, 5.41) is 8.77. The Kier molecular flexibility index (Phi) is 9.28.